The van der Waals surface area contributed by atoms with Crippen LogP contribution in [0, 0.1) is 23.7 Å². The SMILES string of the molecule is CC1COC(CNC2NNC(C3CCC(Cl)CC3)C3CCCCC23)C1. The van der Waals surface area contributed by atoms with Crippen LogP contribution in [0.1, 0.15) is 64.7 Å². The molecule has 6 atom stereocenters. The van der Waals surface area contributed by atoms with Crippen LogP contribution in [0.4, 0.5) is 0 Å². The van der Waals surface area contributed by atoms with Crippen LogP contribution < -0.4 is 16.2 Å². The number of ether oxygens (including phenoxy) is 1. The van der Waals surface area contributed by atoms with Gasteiger partial charge in [0.1, 0.15) is 0 Å². The molecule has 2 aliphatic carbocycles. The summed E-state index contributed by atoms with van der Waals surface area (Å²) in [6.45, 7) is 4.20. The number of fused-ring (bicyclic) bond motifs is 1. The van der Waals surface area contributed by atoms with Gasteiger partial charge in [-0.15, -0.1) is 11.6 Å². The largest absolute Gasteiger partial charge is 0.377 e. The molecule has 0 aromatic rings. The summed E-state index contributed by atoms with van der Waals surface area (Å²) in [6.07, 6.45) is 12.5. The Balaban J connectivity index is 1.34. The molecule has 0 amide bonds. The molecule has 144 valence electrons. The van der Waals surface area contributed by atoms with Crippen molar-refractivity contribution in [1.29, 1.82) is 0 Å². The molecule has 0 spiro atoms. The van der Waals surface area contributed by atoms with E-state index in [4.69, 9.17) is 16.3 Å². The van der Waals surface area contributed by atoms with Gasteiger partial charge in [-0.2, -0.15) is 0 Å². The van der Waals surface area contributed by atoms with E-state index in [2.05, 4.69) is 23.1 Å². The Morgan fingerprint density at radius 3 is 2.48 bits per heavy atom. The Morgan fingerprint density at radius 2 is 1.76 bits per heavy atom. The van der Waals surface area contributed by atoms with Crippen molar-refractivity contribution >= 4 is 11.6 Å². The minimum Gasteiger partial charge on any atom is -0.377 e. The van der Waals surface area contributed by atoms with Gasteiger partial charge < -0.3 is 4.74 Å². The highest BCUT2D eigenvalue weighted by Crippen LogP contribution is 2.41. The van der Waals surface area contributed by atoms with E-state index in [1.54, 1.807) is 0 Å². The number of nitrogens with one attached hydrogen (secondary N) is 3. The van der Waals surface area contributed by atoms with Crippen LogP contribution in [0.3, 0.4) is 0 Å². The number of hydrogen-bond acceptors (Lipinski definition) is 4. The molecule has 2 saturated heterocycles. The second-order valence-corrected chi connectivity index (χ2v) is 9.74. The average Bonchev–Trinajstić information content (AvgIpc) is 3.06. The maximum Gasteiger partial charge on any atom is 0.0736 e. The molecule has 4 rings (SSSR count). The molecule has 0 aromatic heterocycles. The van der Waals surface area contributed by atoms with E-state index in [0.717, 1.165) is 30.9 Å². The molecule has 2 heterocycles. The summed E-state index contributed by atoms with van der Waals surface area (Å²) in [5.41, 5.74) is 7.40. The molecule has 5 heteroatoms. The lowest BCUT2D eigenvalue weighted by atomic mass is 9.67. The van der Waals surface area contributed by atoms with Crippen molar-refractivity contribution < 1.29 is 4.74 Å². The van der Waals surface area contributed by atoms with Crippen LogP contribution in [-0.4, -0.2) is 36.8 Å². The molecular weight excluding hydrogens is 334 g/mol. The van der Waals surface area contributed by atoms with E-state index >= 15 is 0 Å². The third kappa shape index (κ3) is 4.35. The fourth-order valence-corrected chi connectivity index (χ4v) is 6.09. The van der Waals surface area contributed by atoms with Crippen molar-refractivity contribution in [3.05, 3.63) is 0 Å². The fourth-order valence-electron chi connectivity index (χ4n) is 5.84. The Bertz CT molecular complexity index is 429. The summed E-state index contributed by atoms with van der Waals surface area (Å²) in [7, 11) is 0. The van der Waals surface area contributed by atoms with Gasteiger partial charge in [-0.05, 0) is 68.6 Å². The Morgan fingerprint density at radius 1 is 1.00 bits per heavy atom. The first-order valence-electron chi connectivity index (χ1n) is 10.7. The average molecular weight is 370 g/mol. The zero-order chi connectivity index (χ0) is 17.2. The fraction of sp³-hybridized carbons (Fsp3) is 1.00. The summed E-state index contributed by atoms with van der Waals surface area (Å²) in [4.78, 5) is 0. The first kappa shape index (κ1) is 18.5. The highest BCUT2D eigenvalue weighted by atomic mass is 35.5. The van der Waals surface area contributed by atoms with Gasteiger partial charge in [-0.1, -0.05) is 19.8 Å². The molecule has 25 heavy (non-hydrogen) atoms. The zero-order valence-electron chi connectivity index (χ0n) is 15.7. The van der Waals surface area contributed by atoms with Crippen molar-refractivity contribution in [2.24, 2.45) is 23.7 Å². The minimum atomic E-state index is 0.394. The van der Waals surface area contributed by atoms with Crippen LogP contribution in [0.15, 0.2) is 0 Å². The number of hydrazine groups is 1. The Labute approximate surface area is 158 Å². The summed E-state index contributed by atoms with van der Waals surface area (Å²) in [5.74, 6) is 3.08. The van der Waals surface area contributed by atoms with Gasteiger partial charge in [0.2, 0.25) is 0 Å². The highest BCUT2D eigenvalue weighted by molar-refractivity contribution is 6.20. The molecule has 4 aliphatic rings. The third-order valence-corrected chi connectivity index (χ3v) is 7.66. The standard InChI is InChI=1S/C20H36ClN3O/c1-13-10-16(25-12-13)11-22-20-18-5-3-2-4-17(18)19(23-24-20)14-6-8-15(21)9-7-14/h13-20,22-24H,2-12H2,1H3. The van der Waals surface area contributed by atoms with E-state index < -0.39 is 0 Å². The smallest absolute Gasteiger partial charge is 0.0736 e. The minimum absolute atomic E-state index is 0.394. The molecule has 0 radical (unpaired) electrons. The van der Waals surface area contributed by atoms with Crippen molar-refractivity contribution in [3.63, 3.8) is 0 Å². The Kier molecular flexibility index (Phi) is 6.24. The summed E-state index contributed by atoms with van der Waals surface area (Å²) < 4.78 is 5.90. The van der Waals surface area contributed by atoms with Crippen LogP contribution in [-0.2, 0) is 4.74 Å². The van der Waals surface area contributed by atoms with E-state index in [1.807, 2.05) is 0 Å². The lowest BCUT2D eigenvalue weighted by molar-refractivity contribution is 0.0177. The van der Waals surface area contributed by atoms with Crippen molar-refractivity contribution in [2.75, 3.05) is 13.2 Å². The second-order valence-electron chi connectivity index (χ2n) is 9.12. The molecule has 4 fully saturated rings. The first-order chi connectivity index (χ1) is 12.2. The highest BCUT2D eigenvalue weighted by Gasteiger charge is 2.44. The van der Waals surface area contributed by atoms with Crippen LogP contribution in [0.5, 0.6) is 0 Å². The maximum absolute atomic E-state index is 6.34. The predicted octanol–water partition coefficient (Wildman–Crippen LogP) is 3.41. The Hall–Kier alpha value is 0.130. The molecule has 2 aliphatic heterocycles. The van der Waals surface area contributed by atoms with Gasteiger partial charge in [0.05, 0.1) is 12.3 Å². The second kappa shape index (κ2) is 8.43. The molecule has 2 saturated carbocycles. The summed E-state index contributed by atoms with van der Waals surface area (Å²) >= 11 is 6.34. The van der Waals surface area contributed by atoms with Gasteiger partial charge in [-0.3, -0.25) is 10.7 Å². The number of rotatable bonds is 4. The monoisotopic (exact) mass is 369 g/mol. The number of hydrogen-bond donors (Lipinski definition) is 3. The first-order valence-corrected chi connectivity index (χ1v) is 11.1. The number of alkyl halides is 1. The summed E-state index contributed by atoms with van der Waals surface area (Å²) in [6, 6.07) is 0.635. The van der Waals surface area contributed by atoms with Crippen LogP contribution in [0.2, 0.25) is 0 Å². The molecular formula is C20H36ClN3O. The third-order valence-electron chi connectivity index (χ3n) is 7.23. The maximum atomic E-state index is 6.34. The quantitative estimate of drug-likeness (QED) is 0.664. The molecule has 6 unspecified atom stereocenters. The van der Waals surface area contributed by atoms with E-state index in [0.29, 0.717) is 29.6 Å². The van der Waals surface area contributed by atoms with Crippen molar-refractivity contribution in [1.82, 2.24) is 16.2 Å². The molecule has 4 nitrogen and oxygen atoms in total. The van der Waals surface area contributed by atoms with Gasteiger partial charge >= 0.3 is 0 Å². The van der Waals surface area contributed by atoms with Crippen LogP contribution >= 0.6 is 11.6 Å². The number of halogens is 1. The van der Waals surface area contributed by atoms with Gasteiger partial charge in [-0.25, -0.2) is 5.43 Å². The lowest BCUT2D eigenvalue weighted by Gasteiger charge is -2.50. The van der Waals surface area contributed by atoms with E-state index in [-0.39, 0.29) is 0 Å². The lowest BCUT2D eigenvalue weighted by Crippen LogP contribution is -2.68. The van der Waals surface area contributed by atoms with Crippen molar-refractivity contribution in [3.8, 4) is 0 Å². The molecule has 3 N–H and O–H groups in total. The predicted molar refractivity (Wildman–Crippen MR) is 102 cm³/mol. The van der Waals surface area contributed by atoms with Gasteiger partial charge in [0.15, 0.2) is 0 Å². The zero-order valence-corrected chi connectivity index (χ0v) is 16.4. The van der Waals surface area contributed by atoms with E-state index in [9.17, 15) is 0 Å². The van der Waals surface area contributed by atoms with E-state index in [1.165, 1.54) is 57.8 Å². The topological polar surface area (TPSA) is 45.3 Å². The molecule has 0 bridgehead atoms. The normalized spacial score (nSPS) is 48.2. The molecule has 0 aromatic carbocycles. The van der Waals surface area contributed by atoms with Gasteiger partial charge in [0.25, 0.3) is 0 Å². The summed E-state index contributed by atoms with van der Waals surface area (Å²) in [5, 5.41) is 4.21. The van der Waals surface area contributed by atoms with Crippen molar-refractivity contribution in [2.45, 2.75) is 88.4 Å². The van der Waals surface area contributed by atoms with Crippen LogP contribution in [0.25, 0.3) is 0 Å². The van der Waals surface area contributed by atoms with Gasteiger partial charge in [0, 0.05) is 24.6 Å².